The summed E-state index contributed by atoms with van der Waals surface area (Å²) in [6.45, 7) is 8.60. The number of carbonyl (C=O) groups excluding carboxylic acids is 2. The lowest BCUT2D eigenvalue weighted by Gasteiger charge is -2.33. The van der Waals surface area contributed by atoms with Crippen LogP contribution in [-0.4, -0.2) is 45.1 Å². The van der Waals surface area contributed by atoms with Crippen LogP contribution in [0.4, 0.5) is 0 Å². The van der Waals surface area contributed by atoms with Crippen molar-refractivity contribution in [3.8, 4) is 0 Å². The Morgan fingerprint density at radius 1 is 0.857 bits per heavy atom. The predicted molar refractivity (Wildman–Crippen MR) is 165 cm³/mol. The Morgan fingerprint density at radius 3 is 1.90 bits per heavy atom. The second-order valence-electron chi connectivity index (χ2n) is 10.8. The predicted octanol–water partition coefficient (Wildman–Crippen LogP) is 6.23. The molecule has 0 fully saturated rings. The van der Waals surface area contributed by atoms with Crippen LogP contribution in [0.25, 0.3) is 20.4 Å². The summed E-state index contributed by atoms with van der Waals surface area (Å²) < 4.78 is 10.6. The molecule has 4 aromatic heterocycles. The number of nitrogens with zero attached hydrogens (tertiary/aromatic N) is 3. The second-order valence-corrected chi connectivity index (χ2v) is 13.4. The molecule has 0 radical (unpaired) electrons. The average molecular weight is 631 g/mol. The summed E-state index contributed by atoms with van der Waals surface area (Å²) in [4.78, 5) is 56.0. The Labute approximate surface area is 257 Å². The first-order valence-corrected chi connectivity index (χ1v) is 16.5. The van der Waals surface area contributed by atoms with Gasteiger partial charge in [-0.2, -0.15) is 0 Å². The van der Waals surface area contributed by atoms with E-state index in [1.165, 1.54) is 34.4 Å². The third-order valence-corrected chi connectivity index (χ3v) is 11.3. The highest BCUT2D eigenvalue weighted by Crippen LogP contribution is 2.46. The minimum atomic E-state index is -0.448. The van der Waals surface area contributed by atoms with Crippen LogP contribution in [0.3, 0.4) is 0 Å². The topological polar surface area (TPSA) is 124 Å². The highest BCUT2D eigenvalue weighted by molar-refractivity contribution is 7.19. The molecule has 0 amide bonds. The maximum Gasteiger partial charge on any atom is 0.312 e. The Morgan fingerprint density at radius 2 is 1.38 bits per heavy atom. The molecule has 0 bridgehead atoms. The molecule has 224 valence electrons. The first kappa shape index (κ1) is 30.6. The van der Waals surface area contributed by atoms with Gasteiger partial charge in [0.25, 0.3) is 5.56 Å². The minimum absolute atomic E-state index is 0.0761. The molecule has 2 aliphatic rings. The van der Waals surface area contributed by atoms with Crippen molar-refractivity contribution in [1.29, 1.82) is 0 Å². The van der Waals surface area contributed by atoms with E-state index < -0.39 is 10.8 Å². The van der Waals surface area contributed by atoms with Crippen molar-refractivity contribution in [2.45, 2.75) is 79.1 Å². The van der Waals surface area contributed by atoms with Crippen molar-refractivity contribution in [3.05, 3.63) is 49.0 Å². The van der Waals surface area contributed by atoms with Crippen LogP contribution in [0.1, 0.15) is 74.3 Å². The molecule has 0 aromatic carbocycles. The molecule has 0 aliphatic heterocycles. The van der Waals surface area contributed by atoms with Gasteiger partial charge in [-0.3, -0.25) is 14.4 Å². The van der Waals surface area contributed by atoms with E-state index in [-0.39, 0.29) is 17.5 Å². The Kier molecular flexibility index (Phi) is 9.01. The van der Waals surface area contributed by atoms with Crippen molar-refractivity contribution in [2.24, 2.45) is 10.8 Å². The molecule has 4 aromatic rings. The summed E-state index contributed by atoms with van der Waals surface area (Å²) in [6.07, 6.45) is 8.93. The van der Waals surface area contributed by atoms with Crippen LogP contribution in [-0.2, 0) is 44.7 Å². The Hall–Kier alpha value is -2.89. The van der Waals surface area contributed by atoms with E-state index in [0.717, 1.165) is 70.4 Å². The number of rotatable bonds is 6. The molecular weight excluding hydrogens is 596 g/mol. The number of ether oxygens (including phenoxy) is 2. The van der Waals surface area contributed by atoms with Crippen LogP contribution in [0, 0.1) is 10.8 Å². The summed E-state index contributed by atoms with van der Waals surface area (Å²) in [5.74, 6) is -0.190. The molecule has 1 N–H and O–H groups in total. The molecule has 0 spiro atoms. The van der Waals surface area contributed by atoms with Gasteiger partial charge in [0.2, 0.25) is 0 Å². The number of fused-ring (bicyclic) bond motifs is 6. The van der Waals surface area contributed by atoms with Gasteiger partial charge in [-0.05, 0) is 76.3 Å². The van der Waals surface area contributed by atoms with Gasteiger partial charge in [0, 0.05) is 9.75 Å². The molecule has 0 saturated heterocycles. The number of thiophene rings is 2. The third-order valence-electron chi connectivity index (χ3n) is 8.78. The number of H-pyrrole nitrogens is 1. The maximum atomic E-state index is 12.4. The van der Waals surface area contributed by atoms with Crippen molar-refractivity contribution < 1.29 is 19.1 Å². The van der Waals surface area contributed by atoms with Gasteiger partial charge >= 0.3 is 11.9 Å². The lowest BCUT2D eigenvalue weighted by Crippen LogP contribution is -2.37. The molecule has 9 nitrogen and oxygen atoms in total. The van der Waals surface area contributed by atoms with E-state index in [1.807, 2.05) is 20.8 Å². The van der Waals surface area contributed by atoms with E-state index >= 15 is 0 Å². The summed E-state index contributed by atoms with van der Waals surface area (Å²) in [6, 6.07) is 0. The fourth-order valence-corrected chi connectivity index (χ4v) is 9.15. The summed E-state index contributed by atoms with van der Waals surface area (Å²) in [5.41, 5.74) is 1.35. The second kappa shape index (κ2) is 12.4. The van der Waals surface area contributed by atoms with Gasteiger partial charge in [0.1, 0.15) is 21.1 Å². The number of esters is 2. The van der Waals surface area contributed by atoms with E-state index in [2.05, 4.69) is 26.9 Å². The van der Waals surface area contributed by atoms with Gasteiger partial charge < -0.3 is 14.5 Å². The van der Waals surface area contributed by atoms with Crippen molar-refractivity contribution in [2.75, 3.05) is 13.2 Å². The molecule has 12 heteroatoms. The van der Waals surface area contributed by atoms with Gasteiger partial charge in [0.15, 0.2) is 0 Å². The number of carbonyl (C=O) groups is 2. The van der Waals surface area contributed by atoms with Crippen molar-refractivity contribution in [3.63, 3.8) is 0 Å². The number of aromatic nitrogens is 4. The Balaban J connectivity index is 0.000000168. The third kappa shape index (κ3) is 5.35. The van der Waals surface area contributed by atoms with E-state index in [4.69, 9.17) is 21.1 Å². The van der Waals surface area contributed by atoms with Crippen LogP contribution in [0.2, 0.25) is 5.15 Å². The van der Waals surface area contributed by atoms with Crippen LogP contribution in [0.5, 0.6) is 0 Å². The maximum absolute atomic E-state index is 12.4. The van der Waals surface area contributed by atoms with Gasteiger partial charge in [-0.25, -0.2) is 15.0 Å². The number of nitrogens with one attached hydrogen (secondary N) is 1. The fraction of sp³-hybridized carbons (Fsp3) is 0.533. The highest BCUT2D eigenvalue weighted by atomic mass is 35.5. The SMILES string of the molecule is CCOC(=O)C1(CC)CCc2c(sc3nc[nH]c(=O)c23)C1.CCOC(=O)C1(CC)CCc2c(sc3ncnc(Cl)c23)C1. The summed E-state index contributed by atoms with van der Waals surface area (Å²) >= 11 is 9.37. The molecule has 42 heavy (non-hydrogen) atoms. The zero-order valence-electron chi connectivity index (χ0n) is 24.3. The summed E-state index contributed by atoms with van der Waals surface area (Å²) in [5, 5.41) is 2.18. The molecule has 6 rings (SSSR count). The smallest absolute Gasteiger partial charge is 0.312 e. The minimum Gasteiger partial charge on any atom is -0.466 e. The van der Waals surface area contributed by atoms with E-state index in [9.17, 15) is 14.4 Å². The highest BCUT2D eigenvalue weighted by Gasteiger charge is 2.43. The summed E-state index contributed by atoms with van der Waals surface area (Å²) in [7, 11) is 0. The average Bonchev–Trinajstić information content (AvgIpc) is 3.55. The number of halogens is 1. The van der Waals surface area contributed by atoms with E-state index in [1.54, 1.807) is 11.3 Å². The Bertz CT molecular complexity index is 1700. The number of aryl methyl sites for hydroxylation is 2. The first-order valence-electron chi connectivity index (χ1n) is 14.5. The molecular formula is C30H35ClN4O5S2. The van der Waals surface area contributed by atoms with Gasteiger partial charge in [-0.1, -0.05) is 25.4 Å². The van der Waals surface area contributed by atoms with Crippen LogP contribution >= 0.6 is 34.3 Å². The monoisotopic (exact) mass is 630 g/mol. The molecule has 0 saturated carbocycles. The molecule has 2 atom stereocenters. The van der Waals surface area contributed by atoms with Crippen LogP contribution in [0.15, 0.2) is 17.4 Å². The van der Waals surface area contributed by atoms with Gasteiger partial charge in [-0.15, -0.1) is 22.7 Å². The largest absolute Gasteiger partial charge is 0.466 e. The lowest BCUT2D eigenvalue weighted by molar-refractivity contribution is -0.157. The van der Waals surface area contributed by atoms with Crippen molar-refractivity contribution in [1.82, 2.24) is 19.9 Å². The number of aromatic amines is 1. The van der Waals surface area contributed by atoms with Gasteiger partial charge in [0.05, 0.1) is 41.1 Å². The van der Waals surface area contributed by atoms with E-state index in [0.29, 0.717) is 30.2 Å². The standard InChI is InChI=1S/C15H17ClN2O2S.C15H18N2O3S/c1-3-15(14(19)20-4-2)6-5-9-10(7-15)21-13-11(9)12(16)17-8-18-13;1-3-15(14(19)20-4-2)6-5-9-10(7-15)21-13-11(9)12(18)16-8-17-13/h8H,3-7H2,1-2H3;8H,3-7H2,1-2H3,(H,16,17,18). The fourth-order valence-electron chi connectivity index (χ4n) is 6.19. The zero-order chi connectivity index (χ0) is 30.1. The molecule has 2 unspecified atom stereocenters. The lowest BCUT2D eigenvalue weighted by atomic mass is 9.72. The molecule has 2 aliphatic carbocycles. The normalized spacial score (nSPS) is 21.3. The zero-order valence-corrected chi connectivity index (χ0v) is 26.7. The number of hydrogen-bond acceptors (Lipinski definition) is 10. The van der Waals surface area contributed by atoms with Crippen molar-refractivity contribution >= 4 is 66.6 Å². The number of hydrogen-bond donors (Lipinski definition) is 1. The van der Waals surface area contributed by atoms with Crippen LogP contribution < -0.4 is 5.56 Å². The quantitative estimate of drug-likeness (QED) is 0.196. The molecule has 4 heterocycles. The first-order chi connectivity index (χ1) is 20.2.